The van der Waals surface area contributed by atoms with Gasteiger partial charge in [-0.1, -0.05) is 20.4 Å². The zero-order valence-electron chi connectivity index (χ0n) is 12.1. The summed E-state index contributed by atoms with van der Waals surface area (Å²) in [4.78, 5) is 22.1. The standard InChI is InChI=1S/C15H19NO4/c1-5-11-7-13(9-20-15(17)10(3)4)14(16(18)19)8-12(11)6-2/h7-8H,3,5-6,9H2,1-2,4H3. The zero-order chi connectivity index (χ0) is 15.3. The van der Waals surface area contributed by atoms with Crippen LogP contribution in [0.3, 0.4) is 0 Å². The number of carbonyl (C=O) groups is 1. The van der Waals surface area contributed by atoms with Gasteiger partial charge in [0.15, 0.2) is 0 Å². The van der Waals surface area contributed by atoms with Gasteiger partial charge in [0.2, 0.25) is 0 Å². The van der Waals surface area contributed by atoms with Gasteiger partial charge in [-0.05, 0) is 37.0 Å². The predicted molar refractivity (Wildman–Crippen MR) is 76.5 cm³/mol. The lowest BCUT2D eigenvalue weighted by Gasteiger charge is -2.10. The molecule has 1 rings (SSSR count). The van der Waals surface area contributed by atoms with Crippen molar-refractivity contribution < 1.29 is 14.5 Å². The molecule has 1 aromatic rings. The molecule has 5 nitrogen and oxygen atoms in total. The number of rotatable bonds is 6. The van der Waals surface area contributed by atoms with Crippen LogP contribution in [0.4, 0.5) is 5.69 Å². The van der Waals surface area contributed by atoms with E-state index in [0.29, 0.717) is 5.56 Å². The van der Waals surface area contributed by atoms with Crippen LogP contribution in [-0.2, 0) is 29.0 Å². The molecule has 0 bridgehead atoms. The Morgan fingerprint density at radius 1 is 1.25 bits per heavy atom. The summed E-state index contributed by atoms with van der Waals surface area (Å²) >= 11 is 0. The molecule has 0 unspecified atom stereocenters. The molecule has 0 radical (unpaired) electrons. The van der Waals surface area contributed by atoms with E-state index in [1.54, 1.807) is 12.1 Å². The summed E-state index contributed by atoms with van der Waals surface area (Å²) < 4.78 is 5.01. The van der Waals surface area contributed by atoms with E-state index in [-0.39, 0.29) is 17.9 Å². The van der Waals surface area contributed by atoms with Crippen molar-refractivity contribution in [3.8, 4) is 0 Å². The first kappa shape index (κ1) is 15.9. The molecule has 0 aliphatic rings. The summed E-state index contributed by atoms with van der Waals surface area (Å²) in [5.74, 6) is -0.545. The maximum Gasteiger partial charge on any atom is 0.333 e. The molecular formula is C15H19NO4. The summed E-state index contributed by atoms with van der Waals surface area (Å²) in [6.45, 7) is 8.85. The number of nitro groups is 1. The van der Waals surface area contributed by atoms with Crippen molar-refractivity contribution in [3.05, 3.63) is 51.1 Å². The van der Waals surface area contributed by atoms with Crippen LogP contribution >= 0.6 is 0 Å². The van der Waals surface area contributed by atoms with E-state index in [1.807, 2.05) is 13.8 Å². The van der Waals surface area contributed by atoms with Gasteiger partial charge in [0, 0.05) is 11.6 Å². The first-order chi connectivity index (χ1) is 9.40. The maximum atomic E-state index is 11.4. The Balaban J connectivity index is 3.12. The number of nitrogens with zero attached hydrogens (tertiary/aromatic N) is 1. The third-order valence-electron chi connectivity index (χ3n) is 3.07. The number of esters is 1. The monoisotopic (exact) mass is 277 g/mol. The van der Waals surface area contributed by atoms with Gasteiger partial charge in [-0.2, -0.15) is 0 Å². The average molecular weight is 277 g/mol. The van der Waals surface area contributed by atoms with Crippen LogP contribution in [0, 0.1) is 10.1 Å². The Labute approximate surface area is 118 Å². The minimum absolute atomic E-state index is 0.00596. The van der Waals surface area contributed by atoms with E-state index in [9.17, 15) is 14.9 Å². The predicted octanol–water partition coefficient (Wildman–Crippen LogP) is 3.34. The molecule has 0 aliphatic heterocycles. The molecule has 0 saturated heterocycles. The molecular weight excluding hydrogens is 258 g/mol. The first-order valence-corrected chi connectivity index (χ1v) is 6.52. The van der Waals surface area contributed by atoms with Gasteiger partial charge in [-0.15, -0.1) is 0 Å². The molecule has 0 atom stereocenters. The second-order valence-electron chi connectivity index (χ2n) is 4.57. The summed E-state index contributed by atoms with van der Waals surface area (Å²) in [6, 6.07) is 3.32. The molecule has 0 fully saturated rings. The Bertz CT molecular complexity index is 549. The van der Waals surface area contributed by atoms with Crippen LogP contribution in [0.5, 0.6) is 0 Å². The highest BCUT2D eigenvalue weighted by atomic mass is 16.6. The number of benzene rings is 1. The highest BCUT2D eigenvalue weighted by Crippen LogP contribution is 2.25. The quantitative estimate of drug-likeness (QED) is 0.346. The Morgan fingerprint density at radius 2 is 1.80 bits per heavy atom. The molecule has 1 aromatic carbocycles. The van der Waals surface area contributed by atoms with Gasteiger partial charge in [-0.3, -0.25) is 10.1 Å². The lowest BCUT2D eigenvalue weighted by Crippen LogP contribution is -2.08. The lowest BCUT2D eigenvalue weighted by atomic mass is 9.98. The number of aryl methyl sites for hydroxylation is 2. The fourth-order valence-corrected chi connectivity index (χ4v) is 1.94. The molecule has 0 heterocycles. The fraction of sp³-hybridized carbons (Fsp3) is 0.400. The van der Waals surface area contributed by atoms with Gasteiger partial charge in [-0.25, -0.2) is 4.79 Å². The number of hydrogen-bond acceptors (Lipinski definition) is 4. The molecule has 0 aliphatic carbocycles. The Morgan fingerprint density at radius 3 is 2.25 bits per heavy atom. The van der Waals surface area contributed by atoms with Crippen molar-refractivity contribution in [2.45, 2.75) is 40.2 Å². The zero-order valence-corrected chi connectivity index (χ0v) is 12.1. The first-order valence-electron chi connectivity index (χ1n) is 6.52. The van der Waals surface area contributed by atoms with E-state index in [2.05, 4.69) is 6.58 Å². The molecule has 0 aromatic heterocycles. The van der Waals surface area contributed by atoms with Crippen LogP contribution in [0.1, 0.15) is 37.5 Å². The van der Waals surface area contributed by atoms with Crippen molar-refractivity contribution in [1.29, 1.82) is 0 Å². The van der Waals surface area contributed by atoms with Crippen molar-refractivity contribution in [1.82, 2.24) is 0 Å². The normalized spacial score (nSPS) is 10.2. The second kappa shape index (κ2) is 6.84. The largest absolute Gasteiger partial charge is 0.457 e. The third kappa shape index (κ3) is 3.66. The number of hydrogen-bond donors (Lipinski definition) is 0. The minimum atomic E-state index is -0.545. The van der Waals surface area contributed by atoms with Crippen LogP contribution in [-0.4, -0.2) is 10.9 Å². The smallest absolute Gasteiger partial charge is 0.333 e. The molecule has 0 spiro atoms. The Kier molecular flexibility index (Phi) is 5.43. The van der Waals surface area contributed by atoms with E-state index in [0.717, 1.165) is 24.0 Å². The highest BCUT2D eigenvalue weighted by Gasteiger charge is 2.18. The molecule has 5 heteroatoms. The van der Waals surface area contributed by atoms with E-state index < -0.39 is 10.9 Å². The maximum absolute atomic E-state index is 11.4. The van der Waals surface area contributed by atoms with Gasteiger partial charge in [0.1, 0.15) is 6.61 Å². The summed E-state index contributed by atoms with van der Waals surface area (Å²) in [5, 5.41) is 11.1. The number of ether oxygens (including phenoxy) is 1. The molecule has 20 heavy (non-hydrogen) atoms. The molecule has 108 valence electrons. The third-order valence-corrected chi connectivity index (χ3v) is 3.07. The minimum Gasteiger partial charge on any atom is -0.457 e. The molecule has 0 N–H and O–H groups in total. The van der Waals surface area contributed by atoms with E-state index >= 15 is 0 Å². The van der Waals surface area contributed by atoms with Crippen LogP contribution in [0.2, 0.25) is 0 Å². The summed E-state index contributed by atoms with van der Waals surface area (Å²) in [5.41, 5.74) is 2.68. The van der Waals surface area contributed by atoms with E-state index in [4.69, 9.17) is 4.74 Å². The fourth-order valence-electron chi connectivity index (χ4n) is 1.94. The second-order valence-corrected chi connectivity index (χ2v) is 4.57. The number of nitro benzene ring substituents is 1. The molecule has 0 saturated carbocycles. The van der Waals surface area contributed by atoms with Gasteiger partial charge in [0.05, 0.1) is 10.5 Å². The Hall–Kier alpha value is -2.17. The topological polar surface area (TPSA) is 69.4 Å². The van der Waals surface area contributed by atoms with Crippen molar-refractivity contribution in [2.24, 2.45) is 0 Å². The average Bonchev–Trinajstić information content (AvgIpc) is 2.43. The van der Waals surface area contributed by atoms with Crippen molar-refractivity contribution in [3.63, 3.8) is 0 Å². The molecule has 0 amide bonds. The lowest BCUT2D eigenvalue weighted by molar-refractivity contribution is -0.385. The van der Waals surface area contributed by atoms with Crippen molar-refractivity contribution in [2.75, 3.05) is 0 Å². The van der Waals surface area contributed by atoms with Crippen molar-refractivity contribution >= 4 is 11.7 Å². The van der Waals surface area contributed by atoms with E-state index in [1.165, 1.54) is 6.92 Å². The highest BCUT2D eigenvalue weighted by molar-refractivity contribution is 5.86. The summed E-state index contributed by atoms with van der Waals surface area (Å²) in [7, 11) is 0. The van der Waals surface area contributed by atoms with Crippen LogP contribution in [0.15, 0.2) is 24.3 Å². The van der Waals surface area contributed by atoms with Crippen LogP contribution in [0.25, 0.3) is 0 Å². The van der Waals surface area contributed by atoms with Gasteiger partial charge < -0.3 is 4.74 Å². The number of carbonyl (C=O) groups excluding carboxylic acids is 1. The SMILES string of the molecule is C=C(C)C(=O)OCc1cc(CC)c(CC)cc1[N+](=O)[O-]. The summed E-state index contributed by atoms with van der Waals surface area (Å²) in [6.07, 6.45) is 1.51. The van der Waals surface area contributed by atoms with Gasteiger partial charge in [0.25, 0.3) is 5.69 Å². The van der Waals surface area contributed by atoms with Crippen LogP contribution < -0.4 is 0 Å². The van der Waals surface area contributed by atoms with Gasteiger partial charge >= 0.3 is 5.97 Å².